The Morgan fingerprint density at radius 2 is 1.73 bits per heavy atom. The minimum Gasteiger partial charge on any atom is -0.321 e. The average Bonchev–Trinajstić information content (AvgIpc) is 2.97. The van der Waals surface area contributed by atoms with Crippen molar-refractivity contribution in [3.05, 3.63) is 108 Å². The molecule has 0 spiro atoms. The lowest BCUT2D eigenvalue weighted by molar-refractivity contribution is 0.102. The number of rotatable bonds is 8. The molecule has 1 atom stereocenters. The van der Waals surface area contributed by atoms with Crippen LogP contribution in [0.4, 0.5) is 5.69 Å². The molecule has 0 saturated heterocycles. The van der Waals surface area contributed by atoms with Gasteiger partial charge in [0.15, 0.2) is 9.84 Å². The number of hydrogen-bond donors (Lipinski definition) is 1. The molecule has 202 valence electrons. The van der Waals surface area contributed by atoms with Gasteiger partial charge in [0.1, 0.15) is 0 Å². The molecule has 2 aromatic heterocycles. The molecule has 0 aliphatic carbocycles. The lowest BCUT2D eigenvalue weighted by Gasteiger charge is -2.17. The van der Waals surface area contributed by atoms with E-state index in [1.54, 1.807) is 36.3 Å². The number of thioether (sulfide) groups is 1. The Labute approximate surface area is 238 Å². The molecule has 2 heterocycles. The maximum Gasteiger partial charge on any atom is 0.255 e. The van der Waals surface area contributed by atoms with Crippen molar-refractivity contribution in [2.45, 2.75) is 23.5 Å². The number of hydrogen-bond acceptors (Lipinski definition) is 6. The monoisotopic (exact) mass is 567 g/mol. The number of pyridine rings is 2. The van der Waals surface area contributed by atoms with Gasteiger partial charge in [-0.25, -0.2) is 8.42 Å². The van der Waals surface area contributed by atoms with Gasteiger partial charge in [0.25, 0.3) is 5.91 Å². The van der Waals surface area contributed by atoms with E-state index >= 15 is 0 Å². The van der Waals surface area contributed by atoms with E-state index in [1.165, 1.54) is 11.2 Å². The predicted octanol–water partition coefficient (Wildman–Crippen LogP) is 7.43. The Hall–Kier alpha value is -4.01. The van der Waals surface area contributed by atoms with Crippen LogP contribution in [0.2, 0.25) is 0 Å². The largest absolute Gasteiger partial charge is 0.321 e. The summed E-state index contributed by atoms with van der Waals surface area (Å²) in [5.41, 5.74) is 5.92. The average molecular weight is 568 g/mol. The summed E-state index contributed by atoms with van der Waals surface area (Å²) in [7, 11) is -3.31. The van der Waals surface area contributed by atoms with E-state index in [0.717, 1.165) is 33.3 Å². The second-order valence-corrected chi connectivity index (χ2v) is 12.7. The highest BCUT2D eigenvalue weighted by atomic mass is 32.2. The van der Waals surface area contributed by atoms with Crippen LogP contribution in [0.5, 0.6) is 0 Å². The van der Waals surface area contributed by atoms with Crippen molar-refractivity contribution in [3.63, 3.8) is 0 Å². The van der Waals surface area contributed by atoms with E-state index < -0.39 is 15.1 Å². The summed E-state index contributed by atoms with van der Waals surface area (Å²) in [5, 5.41) is 3.15. The first-order chi connectivity index (χ1) is 19.3. The number of nitrogens with one attached hydrogen (secondary N) is 1. The molecule has 0 bridgehead atoms. The molecule has 1 amide bonds. The molecule has 0 fully saturated rings. The number of nitrogens with zero attached hydrogens (tertiary/aromatic N) is 2. The summed E-state index contributed by atoms with van der Waals surface area (Å²) in [6.07, 6.45) is 7.13. The number of benzene rings is 3. The van der Waals surface area contributed by atoms with Gasteiger partial charge in [0.05, 0.1) is 28.3 Å². The summed E-state index contributed by atoms with van der Waals surface area (Å²) in [4.78, 5) is 23.5. The van der Waals surface area contributed by atoms with E-state index in [9.17, 15) is 13.2 Å². The number of anilines is 1. The number of carbonyl (C=O) groups is 1. The highest BCUT2D eigenvalue weighted by Gasteiger charge is 2.23. The van der Waals surface area contributed by atoms with Gasteiger partial charge in [-0.15, -0.1) is 11.8 Å². The second kappa shape index (κ2) is 11.6. The molecule has 40 heavy (non-hydrogen) atoms. The Morgan fingerprint density at radius 3 is 2.40 bits per heavy atom. The Bertz CT molecular complexity index is 1790. The second-order valence-electron chi connectivity index (χ2n) is 9.57. The fourth-order valence-electron chi connectivity index (χ4n) is 4.84. The number of fused-ring (bicyclic) bond motifs is 1. The van der Waals surface area contributed by atoms with E-state index in [4.69, 9.17) is 0 Å². The molecule has 3 aromatic carbocycles. The van der Waals surface area contributed by atoms with Gasteiger partial charge in [0, 0.05) is 39.4 Å². The maximum absolute atomic E-state index is 13.2. The third-order valence-corrected chi connectivity index (χ3v) is 9.21. The molecule has 0 aliphatic rings. The summed E-state index contributed by atoms with van der Waals surface area (Å²) in [6.45, 7) is 1.87. The van der Waals surface area contributed by atoms with E-state index in [2.05, 4.69) is 27.4 Å². The zero-order chi connectivity index (χ0) is 28.3. The van der Waals surface area contributed by atoms with Crippen LogP contribution in [0.1, 0.15) is 34.5 Å². The minimum absolute atomic E-state index is 0.267. The van der Waals surface area contributed by atoms with Gasteiger partial charge in [-0.2, -0.15) is 0 Å². The first-order valence-corrected chi connectivity index (χ1v) is 16.0. The topological polar surface area (TPSA) is 89.0 Å². The molecule has 6 nitrogen and oxygen atoms in total. The van der Waals surface area contributed by atoms with Crippen molar-refractivity contribution in [1.29, 1.82) is 0 Å². The molecule has 5 rings (SSSR count). The number of carbonyl (C=O) groups excluding carboxylic acids is 1. The molecular weight excluding hydrogens is 539 g/mol. The molecule has 0 aliphatic heterocycles. The number of sulfone groups is 1. The van der Waals surface area contributed by atoms with E-state index in [-0.39, 0.29) is 5.91 Å². The third kappa shape index (κ3) is 5.93. The normalized spacial score (nSPS) is 12.3. The Morgan fingerprint density at radius 1 is 0.925 bits per heavy atom. The standard InChI is InChI=1S/C32H29N3O3S2/c1-4-30(40(3,37)38)25-18-23-9-6-16-33-31(23)28(19-25)22-7-5-8-24(17-22)32(36)35-26-12-15-29(34-20-26)21-10-13-27(39-2)14-11-21/h5-20,30H,4H2,1-3H3,(H,35,36). The van der Waals surface area contributed by atoms with Gasteiger partial charge in [-0.1, -0.05) is 37.3 Å². The molecule has 0 radical (unpaired) electrons. The van der Waals surface area contributed by atoms with Crippen LogP contribution >= 0.6 is 11.8 Å². The zero-order valence-electron chi connectivity index (χ0n) is 22.5. The summed E-state index contributed by atoms with van der Waals surface area (Å²) in [6, 6.07) is 26.7. The molecule has 1 unspecified atom stereocenters. The van der Waals surface area contributed by atoms with Crippen molar-refractivity contribution < 1.29 is 13.2 Å². The predicted molar refractivity (Wildman–Crippen MR) is 164 cm³/mol. The van der Waals surface area contributed by atoms with Crippen molar-refractivity contribution in [2.24, 2.45) is 0 Å². The SMILES string of the molecule is CCC(c1cc(-c2cccc(C(=O)Nc3ccc(-c4ccc(SC)cc4)nc3)c2)c2ncccc2c1)S(C)(=O)=O. The number of amides is 1. The first kappa shape index (κ1) is 27.6. The van der Waals surface area contributed by atoms with Crippen LogP contribution in [0.25, 0.3) is 33.3 Å². The highest BCUT2D eigenvalue weighted by Crippen LogP contribution is 2.35. The Kier molecular flexibility index (Phi) is 8.00. The van der Waals surface area contributed by atoms with Crippen LogP contribution < -0.4 is 5.32 Å². The fourth-order valence-corrected chi connectivity index (χ4v) is 6.48. The molecule has 0 saturated carbocycles. The van der Waals surface area contributed by atoms with Crippen LogP contribution in [0, 0.1) is 0 Å². The Balaban J connectivity index is 1.44. The van der Waals surface area contributed by atoms with Gasteiger partial charge in [-0.3, -0.25) is 14.8 Å². The molecule has 8 heteroatoms. The van der Waals surface area contributed by atoms with Crippen LogP contribution in [-0.4, -0.2) is 36.8 Å². The van der Waals surface area contributed by atoms with Gasteiger partial charge in [0.2, 0.25) is 0 Å². The molecular formula is C32H29N3O3S2. The summed E-state index contributed by atoms with van der Waals surface area (Å²) >= 11 is 1.69. The minimum atomic E-state index is -3.31. The fraction of sp³-hybridized carbons (Fsp3) is 0.156. The maximum atomic E-state index is 13.2. The lowest BCUT2D eigenvalue weighted by atomic mass is 9.95. The first-order valence-electron chi connectivity index (χ1n) is 12.9. The van der Waals surface area contributed by atoms with Crippen LogP contribution in [-0.2, 0) is 9.84 Å². The molecule has 5 aromatic rings. The summed E-state index contributed by atoms with van der Waals surface area (Å²) < 4.78 is 25.0. The summed E-state index contributed by atoms with van der Waals surface area (Å²) in [5.74, 6) is -0.267. The van der Waals surface area contributed by atoms with Gasteiger partial charge in [-0.05, 0) is 78.4 Å². The van der Waals surface area contributed by atoms with Gasteiger partial charge < -0.3 is 5.32 Å². The smallest absolute Gasteiger partial charge is 0.255 e. The van der Waals surface area contributed by atoms with Crippen molar-refractivity contribution in [2.75, 3.05) is 17.8 Å². The zero-order valence-corrected chi connectivity index (χ0v) is 24.1. The van der Waals surface area contributed by atoms with E-state index in [0.29, 0.717) is 23.2 Å². The van der Waals surface area contributed by atoms with Crippen molar-refractivity contribution in [3.8, 4) is 22.4 Å². The van der Waals surface area contributed by atoms with Gasteiger partial charge >= 0.3 is 0 Å². The van der Waals surface area contributed by atoms with Crippen molar-refractivity contribution >= 4 is 44.1 Å². The van der Waals surface area contributed by atoms with E-state index in [1.807, 2.05) is 73.8 Å². The third-order valence-electron chi connectivity index (χ3n) is 6.83. The van der Waals surface area contributed by atoms with Crippen LogP contribution in [0.15, 0.2) is 102 Å². The number of aromatic nitrogens is 2. The lowest BCUT2D eigenvalue weighted by Crippen LogP contribution is -2.12. The van der Waals surface area contributed by atoms with Crippen molar-refractivity contribution in [1.82, 2.24) is 9.97 Å². The highest BCUT2D eigenvalue weighted by molar-refractivity contribution is 7.98. The van der Waals surface area contributed by atoms with Crippen LogP contribution in [0.3, 0.4) is 0 Å². The quantitative estimate of drug-likeness (QED) is 0.196. The molecule has 1 N–H and O–H groups in total.